The molecule has 1 heterocycles. The highest BCUT2D eigenvalue weighted by Crippen LogP contribution is 2.16. The van der Waals surface area contributed by atoms with E-state index in [9.17, 15) is 4.39 Å². The first-order valence-corrected chi connectivity index (χ1v) is 7.21. The average molecular weight is 341 g/mol. The first-order valence-electron chi connectivity index (χ1n) is 6.41. The van der Waals surface area contributed by atoms with Crippen LogP contribution in [-0.4, -0.2) is 20.5 Å². The number of benzene rings is 1. The second-order valence-electron chi connectivity index (χ2n) is 5.75. The van der Waals surface area contributed by atoms with Gasteiger partial charge in [-0.3, -0.25) is 0 Å². The van der Waals surface area contributed by atoms with Crippen LogP contribution in [0.2, 0.25) is 0 Å². The Morgan fingerprint density at radius 3 is 2.80 bits per heavy atom. The first kappa shape index (κ1) is 15.1. The predicted molar refractivity (Wildman–Crippen MR) is 79.8 cm³/mol. The molecule has 0 fully saturated rings. The van der Waals surface area contributed by atoms with Crippen LogP contribution in [0.5, 0.6) is 0 Å². The summed E-state index contributed by atoms with van der Waals surface area (Å²) in [6, 6.07) is 4.88. The van der Waals surface area contributed by atoms with E-state index in [1.54, 1.807) is 16.8 Å². The summed E-state index contributed by atoms with van der Waals surface area (Å²) in [4.78, 5) is 0. The van der Waals surface area contributed by atoms with Crippen LogP contribution in [0.4, 0.5) is 4.39 Å². The Bertz CT molecular complexity index is 589. The minimum Gasteiger partial charge on any atom is -0.306 e. The Kier molecular flexibility index (Phi) is 4.55. The van der Waals surface area contributed by atoms with Crippen molar-refractivity contribution >= 4 is 15.9 Å². The van der Waals surface area contributed by atoms with E-state index < -0.39 is 0 Å². The highest BCUT2D eigenvalue weighted by molar-refractivity contribution is 9.10. The average Bonchev–Trinajstić information content (AvgIpc) is 2.78. The third-order valence-corrected chi connectivity index (χ3v) is 3.22. The molecular formula is C14H18BrFN4. The fraction of sp³-hybridized carbons (Fsp3) is 0.429. The van der Waals surface area contributed by atoms with E-state index >= 15 is 0 Å². The molecule has 0 spiro atoms. The Morgan fingerprint density at radius 2 is 2.10 bits per heavy atom. The molecule has 0 unspecified atom stereocenters. The van der Waals surface area contributed by atoms with E-state index in [4.69, 9.17) is 0 Å². The highest BCUT2D eigenvalue weighted by Gasteiger charge is 2.11. The van der Waals surface area contributed by atoms with Crippen LogP contribution in [-0.2, 0) is 13.1 Å². The predicted octanol–water partition coefficient (Wildman–Crippen LogP) is 3.12. The molecule has 2 rings (SSSR count). The Hall–Kier alpha value is -1.27. The Morgan fingerprint density at radius 1 is 1.35 bits per heavy atom. The number of rotatable bonds is 4. The number of hydrogen-bond acceptors (Lipinski definition) is 3. The molecule has 0 atom stereocenters. The molecule has 0 aliphatic rings. The van der Waals surface area contributed by atoms with Gasteiger partial charge in [-0.1, -0.05) is 21.1 Å². The Labute approximate surface area is 126 Å². The maximum atomic E-state index is 13.7. The van der Waals surface area contributed by atoms with Crippen molar-refractivity contribution in [3.8, 4) is 0 Å². The number of halogens is 2. The van der Waals surface area contributed by atoms with E-state index in [-0.39, 0.29) is 11.4 Å². The van der Waals surface area contributed by atoms with Crippen molar-refractivity contribution in [3.05, 3.63) is 45.9 Å². The van der Waals surface area contributed by atoms with Crippen molar-refractivity contribution in [1.82, 2.24) is 20.3 Å². The second kappa shape index (κ2) is 6.01. The van der Waals surface area contributed by atoms with Gasteiger partial charge >= 0.3 is 0 Å². The molecule has 0 amide bonds. The molecule has 108 valence electrons. The van der Waals surface area contributed by atoms with Crippen molar-refractivity contribution in [1.29, 1.82) is 0 Å². The van der Waals surface area contributed by atoms with E-state index in [1.165, 1.54) is 6.07 Å². The molecule has 4 nitrogen and oxygen atoms in total. The Balaban J connectivity index is 2.04. The van der Waals surface area contributed by atoms with Gasteiger partial charge in [0.25, 0.3) is 0 Å². The van der Waals surface area contributed by atoms with Crippen molar-refractivity contribution < 1.29 is 4.39 Å². The minimum atomic E-state index is -0.238. The lowest BCUT2D eigenvalue weighted by molar-refractivity contribution is 0.421. The van der Waals surface area contributed by atoms with Gasteiger partial charge in [-0.2, -0.15) is 0 Å². The van der Waals surface area contributed by atoms with Crippen LogP contribution in [0.3, 0.4) is 0 Å². The van der Waals surface area contributed by atoms with Crippen LogP contribution in [0.15, 0.2) is 28.9 Å². The van der Waals surface area contributed by atoms with Crippen molar-refractivity contribution in [3.63, 3.8) is 0 Å². The van der Waals surface area contributed by atoms with Gasteiger partial charge in [0, 0.05) is 22.1 Å². The molecule has 0 bridgehead atoms. The SMILES string of the molecule is CC(C)(C)NCc1cn(Cc2cc(Br)ccc2F)nn1. The fourth-order valence-electron chi connectivity index (χ4n) is 1.69. The van der Waals surface area contributed by atoms with E-state index in [1.807, 2.05) is 6.20 Å². The summed E-state index contributed by atoms with van der Waals surface area (Å²) in [7, 11) is 0. The zero-order valence-corrected chi connectivity index (χ0v) is 13.4. The molecule has 1 aromatic heterocycles. The zero-order valence-electron chi connectivity index (χ0n) is 11.8. The lowest BCUT2D eigenvalue weighted by atomic mass is 10.1. The molecule has 0 aliphatic heterocycles. The monoisotopic (exact) mass is 340 g/mol. The van der Waals surface area contributed by atoms with E-state index in [0.717, 1.165) is 10.2 Å². The lowest BCUT2D eigenvalue weighted by Gasteiger charge is -2.19. The molecule has 1 N–H and O–H groups in total. The molecule has 1 aromatic carbocycles. The maximum Gasteiger partial charge on any atom is 0.128 e. The summed E-state index contributed by atoms with van der Waals surface area (Å²) in [5.74, 6) is -0.238. The summed E-state index contributed by atoms with van der Waals surface area (Å²) in [5, 5.41) is 11.4. The lowest BCUT2D eigenvalue weighted by Crippen LogP contribution is -2.35. The molecule has 0 radical (unpaired) electrons. The molecule has 2 aromatic rings. The molecule has 6 heteroatoms. The van der Waals surface area contributed by atoms with Gasteiger partial charge in [-0.15, -0.1) is 5.10 Å². The quantitative estimate of drug-likeness (QED) is 0.929. The topological polar surface area (TPSA) is 42.7 Å². The third-order valence-electron chi connectivity index (χ3n) is 2.73. The normalized spacial score (nSPS) is 11.8. The van der Waals surface area contributed by atoms with Crippen LogP contribution in [0.1, 0.15) is 32.0 Å². The molecule has 20 heavy (non-hydrogen) atoms. The van der Waals surface area contributed by atoms with Crippen LogP contribution in [0, 0.1) is 5.82 Å². The second-order valence-corrected chi connectivity index (χ2v) is 6.66. The summed E-state index contributed by atoms with van der Waals surface area (Å²) in [5.41, 5.74) is 1.45. The first-order chi connectivity index (χ1) is 9.33. The van der Waals surface area contributed by atoms with Gasteiger partial charge in [0.15, 0.2) is 0 Å². The molecular weight excluding hydrogens is 323 g/mol. The van der Waals surface area contributed by atoms with Crippen LogP contribution >= 0.6 is 15.9 Å². The van der Waals surface area contributed by atoms with Gasteiger partial charge < -0.3 is 5.32 Å². The number of nitrogens with zero attached hydrogens (tertiary/aromatic N) is 3. The highest BCUT2D eigenvalue weighted by atomic mass is 79.9. The van der Waals surface area contributed by atoms with Crippen molar-refractivity contribution in [2.45, 2.75) is 39.4 Å². The summed E-state index contributed by atoms with van der Waals surface area (Å²) in [6.45, 7) is 7.29. The van der Waals surface area contributed by atoms with Gasteiger partial charge in [0.2, 0.25) is 0 Å². The number of hydrogen-bond donors (Lipinski definition) is 1. The smallest absolute Gasteiger partial charge is 0.128 e. The van der Waals surface area contributed by atoms with E-state index in [0.29, 0.717) is 18.7 Å². The minimum absolute atomic E-state index is 0.0280. The van der Waals surface area contributed by atoms with Gasteiger partial charge in [0.1, 0.15) is 5.82 Å². The van der Waals surface area contributed by atoms with Gasteiger partial charge in [-0.05, 0) is 39.0 Å². The molecule has 0 saturated heterocycles. The third kappa shape index (κ3) is 4.38. The number of aromatic nitrogens is 3. The van der Waals surface area contributed by atoms with E-state index in [2.05, 4.69) is 52.3 Å². The van der Waals surface area contributed by atoms with Crippen molar-refractivity contribution in [2.75, 3.05) is 0 Å². The zero-order chi connectivity index (χ0) is 14.8. The standard InChI is InChI=1S/C14H18BrFN4/c1-14(2,3)17-7-12-9-20(19-18-12)8-10-6-11(15)4-5-13(10)16/h4-6,9,17H,7-8H2,1-3H3. The molecule has 0 saturated carbocycles. The largest absolute Gasteiger partial charge is 0.306 e. The van der Waals surface area contributed by atoms with Crippen molar-refractivity contribution in [2.24, 2.45) is 0 Å². The van der Waals surface area contributed by atoms with Crippen LogP contribution < -0.4 is 5.32 Å². The fourth-order valence-corrected chi connectivity index (χ4v) is 2.10. The summed E-state index contributed by atoms with van der Waals surface area (Å²) in [6.07, 6.45) is 1.83. The van der Waals surface area contributed by atoms with Gasteiger partial charge in [-0.25, -0.2) is 9.07 Å². The van der Waals surface area contributed by atoms with Crippen LogP contribution in [0.25, 0.3) is 0 Å². The molecule has 0 aliphatic carbocycles. The maximum absolute atomic E-state index is 13.7. The number of nitrogens with one attached hydrogen (secondary N) is 1. The summed E-state index contributed by atoms with van der Waals surface area (Å²) >= 11 is 3.34. The van der Waals surface area contributed by atoms with Gasteiger partial charge in [0.05, 0.1) is 18.4 Å². The summed E-state index contributed by atoms with van der Waals surface area (Å²) < 4.78 is 16.2.